The minimum absolute atomic E-state index is 0.130. The van der Waals surface area contributed by atoms with Crippen LogP contribution in [-0.4, -0.2) is 47.0 Å². The maximum Gasteiger partial charge on any atom is 0.408 e. The minimum atomic E-state index is -0.741. The SMILES string of the molecule is CC(C)[C@H](NC(=O)OC(C)(C)C)C(=O)N1CCC[C@@H]1C(N)=O. The quantitative estimate of drug-likeness (QED) is 0.808. The molecule has 1 heterocycles. The number of amides is 3. The Bertz CT molecular complexity index is 443. The summed E-state index contributed by atoms with van der Waals surface area (Å²) in [4.78, 5) is 37.5. The molecule has 0 spiro atoms. The number of nitrogens with one attached hydrogen (secondary N) is 1. The highest BCUT2D eigenvalue weighted by atomic mass is 16.6. The number of alkyl carbamates (subject to hydrolysis) is 1. The first-order valence-electron chi connectivity index (χ1n) is 7.62. The third kappa shape index (κ3) is 4.89. The van der Waals surface area contributed by atoms with Crippen LogP contribution in [-0.2, 0) is 14.3 Å². The second-order valence-corrected chi connectivity index (χ2v) is 6.96. The Labute approximate surface area is 131 Å². The lowest BCUT2D eigenvalue weighted by molar-refractivity contribution is -0.139. The Balaban J connectivity index is 2.80. The minimum Gasteiger partial charge on any atom is -0.444 e. The van der Waals surface area contributed by atoms with Crippen molar-refractivity contribution in [2.45, 2.75) is 65.1 Å². The number of carbonyl (C=O) groups excluding carboxylic acids is 3. The van der Waals surface area contributed by atoms with Crippen molar-refractivity contribution in [1.29, 1.82) is 0 Å². The maximum atomic E-state index is 12.7. The predicted octanol–water partition coefficient (Wildman–Crippen LogP) is 1.01. The molecule has 0 saturated carbocycles. The summed E-state index contributed by atoms with van der Waals surface area (Å²) in [5.74, 6) is -0.929. The van der Waals surface area contributed by atoms with Gasteiger partial charge in [-0.15, -0.1) is 0 Å². The molecule has 7 heteroatoms. The number of likely N-dealkylation sites (tertiary alicyclic amines) is 1. The van der Waals surface area contributed by atoms with Gasteiger partial charge in [-0.05, 0) is 39.5 Å². The summed E-state index contributed by atoms with van der Waals surface area (Å²) < 4.78 is 5.19. The van der Waals surface area contributed by atoms with Crippen molar-refractivity contribution in [3.05, 3.63) is 0 Å². The molecule has 1 rings (SSSR count). The van der Waals surface area contributed by atoms with Crippen molar-refractivity contribution in [2.24, 2.45) is 11.7 Å². The van der Waals surface area contributed by atoms with E-state index in [4.69, 9.17) is 10.5 Å². The summed E-state index contributed by atoms with van der Waals surface area (Å²) in [6.45, 7) is 9.39. The fourth-order valence-electron chi connectivity index (χ4n) is 2.45. The van der Waals surface area contributed by atoms with Gasteiger partial charge in [-0.1, -0.05) is 13.8 Å². The normalized spacial score (nSPS) is 19.9. The molecular weight excluding hydrogens is 286 g/mol. The van der Waals surface area contributed by atoms with Gasteiger partial charge in [0.2, 0.25) is 11.8 Å². The number of hydrogen-bond donors (Lipinski definition) is 2. The molecule has 0 radical (unpaired) electrons. The van der Waals surface area contributed by atoms with Crippen LogP contribution in [0.3, 0.4) is 0 Å². The zero-order valence-corrected chi connectivity index (χ0v) is 14.0. The molecule has 0 aromatic rings. The van der Waals surface area contributed by atoms with E-state index in [1.54, 1.807) is 20.8 Å². The van der Waals surface area contributed by atoms with Gasteiger partial charge in [0, 0.05) is 6.54 Å². The van der Waals surface area contributed by atoms with E-state index in [9.17, 15) is 14.4 Å². The number of carbonyl (C=O) groups is 3. The van der Waals surface area contributed by atoms with Gasteiger partial charge in [-0.25, -0.2) is 4.79 Å². The van der Waals surface area contributed by atoms with Gasteiger partial charge in [0.15, 0.2) is 0 Å². The molecule has 1 aliphatic rings. The van der Waals surface area contributed by atoms with Gasteiger partial charge < -0.3 is 20.7 Å². The van der Waals surface area contributed by atoms with Gasteiger partial charge in [0.05, 0.1) is 0 Å². The lowest BCUT2D eigenvalue weighted by Crippen LogP contribution is -2.55. The molecule has 1 fully saturated rings. The monoisotopic (exact) mass is 313 g/mol. The first-order valence-corrected chi connectivity index (χ1v) is 7.62. The molecule has 0 unspecified atom stereocenters. The molecule has 126 valence electrons. The average Bonchev–Trinajstić information content (AvgIpc) is 2.81. The molecule has 3 N–H and O–H groups in total. The van der Waals surface area contributed by atoms with Gasteiger partial charge >= 0.3 is 6.09 Å². The second-order valence-electron chi connectivity index (χ2n) is 6.96. The van der Waals surface area contributed by atoms with Crippen molar-refractivity contribution >= 4 is 17.9 Å². The van der Waals surface area contributed by atoms with Gasteiger partial charge in [0.1, 0.15) is 17.7 Å². The fourth-order valence-corrected chi connectivity index (χ4v) is 2.45. The third-order valence-corrected chi connectivity index (χ3v) is 3.47. The van der Waals surface area contributed by atoms with E-state index < -0.39 is 29.7 Å². The van der Waals surface area contributed by atoms with E-state index in [0.717, 1.165) is 6.42 Å². The van der Waals surface area contributed by atoms with Crippen LogP contribution < -0.4 is 11.1 Å². The number of nitrogens with two attached hydrogens (primary N) is 1. The molecule has 0 aromatic heterocycles. The van der Waals surface area contributed by atoms with Crippen LogP contribution in [0.1, 0.15) is 47.5 Å². The molecule has 1 aliphatic heterocycles. The lowest BCUT2D eigenvalue weighted by Gasteiger charge is -2.30. The Morgan fingerprint density at radius 2 is 1.86 bits per heavy atom. The second kappa shape index (κ2) is 6.98. The van der Waals surface area contributed by atoms with Crippen molar-refractivity contribution in [1.82, 2.24) is 10.2 Å². The summed E-state index contributed by atoms with van der Waals surface area (Å²) in [5.41, 5.74) is 4.70. The number of hydrogen-bond acceptors (Lipinski definition) is 4. The molecule has 0 aromatic carbocycles. The van der Waals surface area contributed by atoms with E-state index in [1.807, 2.05) is 13.8 Å². The largest absolute Gasteiger partial charge is 0.444 e. The Morgan fingerprint density at radius 3 is 2.32 bits per heavy atom. The first-order chi connectivity index (χ1) is 10.0. The summed E-state index contributed by atoms with van der Waals surface area (Å²) in [5, 5.41) is 2.60. The number of primary amides is 1. The number of ether oxygens (including phenoxy) is 1. The van der Waals surface area contributed by atoms with Gasteiger partial charge in [-0.2, -0.15) is 0 Å². The lowest BCUT2D eigenvalue weighted by atomic mass is 10.0. The van der Waals surface area contributed by atoms with Crippen molar-refractivity contribution in [3.63, 3.8) is 0 Å². The molecular formula is C15H27N3O4. The van der Waals surface area contributed by atoms with Crippen molar-refractivity contribution in [3.8, 4) is 0 Å². The summed E-state index contributed by atoms with van der Waals surface area (Å²) in [6.07, 6.45) is 0.656. The Kier molecular flexibility index (Phi) is 5.79. The van der Waals surface area contributed by atoms with Crippen LogP contribution in [0.4, 0.5) is 4.79 Å². The van der Waals surface area contributed by atoms with Crippen molar-refractivity contribution in [2.75, 3.05) is 6.54 Å². The maximum absolute atomic E-state index is 12.7. The molecule has 2 atom stereocenters. The van der Waals surface area contributed by atoms with Gasteiger partial charge in [-0.3, -0.25) is 9.59 Å². The molecule has 3 amide bonds. The Morgan fingerprint density at radius 1 is 1.27 bits per heavy atom. The van der Waals surface area contributed by atoms with E-state index in [2.05, 4.69) is 5.32 Å². The number of rotatable bonds is 4. The van der Waals surface area contributed by atoms with Crippen LogP contribution in [0.5, 0.6) is 0 Å². The van der Waals surface area contributed by atoms with Crippen LogP contribution in [0.2, 0.25) is 0 Å². The predicted molar refractivity (Wildman–Crippen MR) is 81.9 cm³/mol. The Hall–Kier alpha value is -1.79. The summed E-state index contributed by atoms with van der Waals surface area (Å²) in [7, 11) is 0. The van der Waals surface area contributed by atoms with E-state index in [1.165, 1.54) is 4.90 Å². The van der Waals surface area contributed by atoms with E-state index >= 15 is 0 Å². The summed E-state index contributed by atoms with van der Waals surface area (Å²) >= 11 is 0. The zero-order valence-electron chi connectivity index (χ0n) is 14.0. The van der Waals surface area contributed by atoms with Crippen LogP contribution >= 0.6 is 0 Å². The highest BCUT2D eigenvalue weighted by Gasteiger charge is 2.38. The third-order valence-electron chi connectivity index (χ3n) is 3.47. The topological polar surface area (TPSA) is 102 Å². The fraction of sp³-hybridized carbons (Fsp3) is 0.800. The van der Waals surface area contributed by atoms with Crippen LogP contribution in [0.15, 0.2) is 0 Å². The highest BCUT2D eigenvalue weighted by Crippen LogP contribution is 2.20. The average molecular weight is 313 g/mol. The van der Waals surface area contributed by atoms with Crippen LogP contribution in [0.25, 0.3) is 0 Å². The summed E-state index contributed by atoms with van der Waals surface area (Å²) in [6, 6.07) is -1.33. The highest BCUT2D eigenvalue weighted by molar-refractivity contribution is 5.91. The smallest absolute Gasteiger partial charge is 0.408 e. The van der Waals surface area contributed by atoms with E-state index in [0.29, 0.717) is 13.0 Å². The first kappa shape index (κ1) is 18.3. The van der Waals surface area contributed by atoms with Crippen molar-refractivity contribution < 1.29 is 19.1 Å². The number of nitrogens with zero attached hydrogens (tertiary/aromatic N) is 1. The zero-order chi connectivity index (χ0) is 17.1. The molecule has 7 nitrogen and oxygen atoms in total. The molecule has 22 heavy (non-hydrogen) atoms. The van der Waals surface area contributed by atoms with E-state index in [-0.39, 0.29) is 11.8 Å². The molecule has 0 aliphatic carbocycles. The standard InChI is InChI=1S/C15H27N3O4/c1-9(2)11(17-14(21)22-15(3,4)5)13(20)18-8-6-7-10(18)12(16)19/h9-11H,6-8H2,1-5H3,(H2,16,19)(H,17,21)/t10-,11+/m1/s1. The van der Waals surface area contributed by atoms with Gasteiger partial charge in [0.25, 0.3) is 0 Å². The van der Waals surface area contributed by atoms with Crippen LogP contribution in [0, 0.1) is 5.92 Å². The molecule has 0 bridgehead atoms. The molecule has 1 saturated heterocycles.